The van der Waals surface area contributed by atoms with Crippen molar-refractivity contribution in [2.24, 2.45) is 5.41 Å². The fourth-order valence-corrected chi connectivity index (χ4v) is 6.64. The van der Waals surface area contributed by atoms with E-state index in [0.29, 0.717) is 18.4 Å². The number of carbonyl (C=O) groups excluding carboxylic acids is 2. The number of hydrogen-bond donors (Lipinski definition) is 1. The number of hydrogen-bond acceptors (Lipinski definition) is 5. The van der Waals surface area contributed by atoms with Crippen molar-refractivity contribution >= 4 is 40.9 Å². The maximum Gasteiger partial charge on any atom is 0.433 e. The molecule has 1 saturated heterocycles. The average Bonchev–Trinajstić information content (AvgIpc) is 3.46. The number of ether oxygens (including phenoxy) is 1. The Hall–Kier alpha value is -2.63. The topological polar surface area (TPSA) is 102 Å². The van der Waals surface area contributed by atoms with Gasteiger partial charge in [-0.05, 0) is 83.9 Å². The highest BCUT2D eigenvalue weighted by Gasteiger charge is 2.45. The maximum absolute atomic E-state index is 14.5. The molecule has 1 aromatic carbocycles. The lowest BCUT2D eigenvalue weighted by Gasteiger charge is -2.34. The molecule has 0 spiro atoms. The normalized spacial score (nSPS) is 24.0. The molecule has 1 atom stereocenters. The number of aromatic nitrogens is 2. The number of halogens is 5. The zero-order valence-electron chi connectivity index (χ0n) is 23.9. The summed E-state index contributed by atoms with van der Waals surface area (Å²) in [6.45, 7) is 6.36. The number of carboxylic acid groups (broad SMARTS) is 1. The van der Waals surface area contributed by atoms with Crippen LogP contribution in [0.1, 0.15) is 97.3 Å². The molecule has 0 unspecified atom stereocenters. The first-order chi connectivity index (χ1) is 19.4. The van der Waals surface area contributed by atoms with Gasteiger partial charge in [0.2, 0.25) is 0 Å². The number of rotatable bonds is 8. The molecule has 13 heteroatoms. The smallest absolute Gasteiger partial charge is 0.433 e. The number of ketones is 1. The van der Waals surface area contributed by atoms with Gasteiger partial charge in [-0.1, -0.05) is 23.2 Å². The van der Waals surface area contributed by atoms with Crippen LogP contribution >= 0.6 is 23.2 Å². The van der Waals surface area contributed by atoms with Gasteiger partial charge in [0.25, 0.3) is 5.91 Å². The first-order valence-electron chi connectivity index (χ1n) is 13.8. The van der Waals surface area contributed by atoms with Crippen molar-refractivity contribution in [2.75, 3.05) is 13.1 Å². The summed E-state index contributed by atoms with van der Waals surface area (Å²) < 4.78 is 50.4. The first kappa shape index (κ1) is 32.3. The van der Waals surface area contributed by atoms with Crippen LogP contribution in [-0.2, 0) is 15.7 Å². The monoisotopic (exact) mass is 631 g/mol. The molecule has 0 bridgehead atoms. The van der Waals surface area contributed by atoms with Gasteiger partial charge in [0.15, 0.2) is 11.5 Å². The molecular formula is C29H34Cl2F3N3O5. The van der Waals surface area contributed by atoms with E-state index in [1.54, 1.807) is 26.0 Å². The Balaban J connectivity index is 1.68. The van der Waals surface area contributed by atoms with Gasteiger partial charge in [0, 0.05) is 6.54 Å². The lowest BCUT2D eigenvalue weighted by molar-refractivity contribution is -0.152. The van der Waals surface area contributed by atoms with Gasteiger partial charge >= 0.3 is 12.1 Å². The zero-order chi connectivity index (χ0) is 31.2. The lowest BCUT2D eigenvalue weighted by atomic mass is 9.74. The molecule has 2 aromatic rings. The number of alkyl halides is 3. The van der Waals surface area contributed by atoms with Crippen LogP contribution in [0.5, 0.6) is 0 Å². The van der Waals surface area contributed by atoms with E-state index in [1.807, 2.05) is 13.8 Å². The van der Waals surface area contributed by atoms with Crippen molar-refractivity contribution in [1.82, 2.24) is 14.7 Å². The minimum Gasteiger partial charge on any atom is -0.481 e. The molecule has 1 saturated carbocycles. The maximum atomic E-state index is 14.5. The van der Waals surface area contributed by atoms with Crippen LogP contribution in [-0.4, -0.2) is 62.2 Å². The molecular weight excluding hydrogens is 598 g/mol. The number of amides is 1. The minimum absolute atomic E-state index is 0.0233. The van der Waals surface area contributed by atoms with Crippen molar-refractivity contribution in [3.05, 3.63) is 50.8 Å². The summed E-state index contributed by atoms with van der Waals surface area (Å²) in [5.41, 5.74) is -2.76. The fraction of sp³-hybridized carbons (Fsp3) is 0.586. The minimum atomic E-state index is -4.94. The highest BCUT2D eigenvalue weighted by atomic mass is 35.5. The van der Waals surface area contributed by atoms with Crippen LogP contribution < -0.4 is 0 Å². The number of benzene rings is 1. The molecule has 1 aliphatic carbocycles. The predicted molar refractivity (Wildman–Crippen MR) is 150 cm³/mol. The predicted octanol–water partition coefficient (Wildman–Crippen LogP) is 7.01. The van der Waals surface area contributed by atoms with Gasteiger partial charge in [-0.3, -0.25) is 19.1 Å². The number of aryl methyl sites for hydroxylation is 1. The number of Topliss-reactive ketones (excluding diaryl/α,β-unsaturated/α-hetero) is 1. The summed E-state index contributed by atoms with van der Waals surface area (Å²) in [7, 11) is 0. The van der Waals surface area contributed by atoms with E-state index in [4.69, 9.17) is 27.9 Å². The first-order valence-corrected chi connectivity index (χ1v) is 14.5. The molecule has 2 fully saturated rings. The molecule has 230 valence electrons. The summed E-state index contributed by atoms with van der Waals surface area (Å²) in [6, 6.07) is 2.34. The number of aliphatic carboxylic acids is 1. The fourth-order valence-electron chi connectivity index (χ4n) is 5.84. The van der Waals surface area contributed by atoms with Crippen LogP contribution in [0.2, 0.25) is 10.0 Å². The zero-order valence-corrected chi connectivity index (χ0v) is 25.4. The lowest BCUT2D eigenvalue weighted by Crippen LogP contribution is -2.42. The Morgan fingerprint density at radius 3 is 2.19 bits per heavy atom. The van der Waals surface area contributed by atoms with E-state index < -0.39 is 64.8 Å². The molecule has 1 aromatic heterocycles. The summed E-state index contributed by atoms with van der Waals surface area (Å²) in [4.78, 5) is 39.9. The Morgan fingerprint density at radius 2 is 1.69 bits per heavy atom. The van der Waals surface area contributed by atoms with Crippen LogP contribution in [0.15, 0.2) is 18.3 Å². The molecule has 42 heavy (non-hydrogen) atoms. The van der Waals surface area contributed by atoms with Crippen LogP contribution in [0, 0.1) is 12.3 Å². The molecule has 1 N–H and O–H groups in total. The van der Waals surface area contributed by atoms with E-state index in [9.17, 15) is 32.7 Å². The molecule has 8 nitrogen and oxygen atoms in total. The Labute approximate surface area is 252 Å². The van der Waals surface area contributed by atoms with Gasteiger partial charge in [-0.15, -0.1) is 0 Å². The number of carbonyl (C=O) groups is 3. The largest absolute Gasteiger partial charge is 0.481 e. The third kappa shape index (κ3) is 6.78. The third-order valence-corrected chi connectivity index (χ3v) is 8.88. The van der Waals surface area contributed by atoms with Crippen LogP contribution in [0.25, 0.3) is 0 Å². The third-order valence-electron chi connectivity index (χ3n) is 8.28. The van der Waals surface area contributed by atoms with E-state index in [2.05, 4.69) is 5.10 Å². The van der Waals surface area contributed by atoms with Crippen molar-refractivity contribution in [3.63, 3.8) is 0 Å². The second-order valence-corrected chi connectivity index (χ2v) is 13.0. The SMILES string of the molecule is Cc1cc(Cl)c(C(=O)CN(C[C@@H]2CCC(C)(C)O2)C(=O)c2cnn(C3CCC(C)(C(=O)O)CC3)c2C(F)(F)F)c(Cl)c1. The molecule has 4 rings (SSSR count). The van der Waals surface area contributed by atoms with E-state index in [-0.39, 0.29) is 47.8 Å². The highest BCUT2D eigenvalue weighted by molar-refractivity contribution is 6.40. The Kier molecular flexibility index (Phi) is 9.08. The van der Waals surface area contributed by atoms with Crippen molar-refractivity contribution in [3.8, 4) is 0 Å². The van der Waals surface area contributed by atoms with Gasteiger partial charge in [0.05, 0.1) is 57.1 Å². The summed E-state index contributed by atoms with van der Waals surface area (Å²) in [5, 5.41) is 13.6. The van der Waals surface area contributed by atoms with Crippen molar-refractivity contribution < 1.29 is 37.4 Å². The number of nitrogens with zero attached hydrogens (tertiary/aromatic N) is 3. The molecule has 0 radical (unpaired) electrons. The van der Waals surface area contributed by atoms with Gasteiger partial charge in [-0.25, -0.2) is 0 Å². The molecule has 1 amide bonds. The molecule has 1 aliphatic heterocycles. The van der Waals surface area contributed by atoms with Gasteiger partial charge in [0.1, 0.15) is 0 Å². The van der Waals surface area contributed by atoms with Crippen molar-refractivity contribution in [1.29, 1.82) is 0 Å². The second kappa shape index (κ2) is 11.8. The summed E-state index contributed by atoms with van der Waals surface area (Å²) >= 11 is 12.6. The second-order valence-electron chi connectivity index (χ2n) is 12.2. The highest BCUT2D eigenvalue weighted by Crippen LogP contribution is 2.43. The summed E-state index contributed by atoms with van der Waals surface area (Å²) in [6.07, 6.45) is -2.71. The standard InChI is InChI=1S/C29H34Cl2F3N3O5/c1-16-11-20(30)23(21(31)12-16)22(38)15-36(14-18-7-8-27(2,3)42-18)25(39)19-13-35-37(24(19)29(32,33)34)17-5-9-28(4,10-6-17)26(40)41/h11-13,17-18H,5-10,14-15H2,1-4H3,(H,40,41)/t17?,18-,28?/m0/s1. The van der Waals surface area contributed by atoms with Gasteiger partial charge in [-0.2, -0.15) is 18.3 Å². The Bertz CT molecular complexity index is 1360. The van der Waals surface area contributed by atoms with E-state index >= 15 is 0 Å². The number of carboxylic acids is 1. The molecule has 2 heterocycles. The van der Waals surface area contributed by atoms with Crippen LogP contribution in [0.3, 0.4) is 0 Å². The van der Waals surface area contributed by atoms with E-state index in [1.165, 1.54) is 0 Å². The Morgan fingerprint density at radius 1 is 1.10 bits per heavy atom. The average molecular weight is 633 g/mol. The summed E-state index contributed by atoms with van der Waals surface area (Å²) in [5.74, 6) is -2.66. The van der Waals surface area contributed by atoms with E-state index in [0.717, 1.165) is 15.8 Å². The van der Waals surface area contributed by atoms with Crippen LogP contribution in [0.4, 0.5) is 13.2 Å². The quantitative estimate of drug-likeness (QED) is 0.315. The van der Waals surface area contributed by atoms with Crippen molar-refractivity contribution in [2.45, 2.75) is 90.1 Å². The molecule has 2 aliphatic rings. The van der Waals surface area contributed by atoms with Gasteiger partial charge < -0.3 is 14.7 Å².